The standard InChI is InChI=1S/C11H14BrFN2O/c1-11(2,6-14)10(16)15-9-5-7(13)3-4-8(9)12/h3-5H,6,14H2,1-2H3,(H,15,16). The van der Waals surface area contributed by atoms with E-state index in [1.165, 1.54) is 12.1 Å². The molecular weight excluding hydrogens is 275 g/mol. The number of nitrogens with one attached hydrogen (secondary N) is 1. The quantitative estimate of drug-likeness (QED) is 0.898. The van der Waals surface area contributed by atoms with Gasteiger partial charge in [0.25, 0.3) is 0 Å². The van der Waals surface area contributed by atoms with E-state index in [-0.39, 0.29) is 12.5 Å². The third-order valence-electron chi connectivity index (χ3n) is 2.30. The second-order valence-electron chi connectivity index (χ2n) is 4.17. The molecule has 1 rings (SSSR count). The first-order valence-electron chi connectivity index (χ1n) is 4.83. The van der Waals surface area contributed by atoms with Crippen LogP contribution in [-0.2, 0) is 4.79 Å². The zero-order valence-corrected chi connectivity index (χ0v) is 10.8. The second kappa shape index (κ2) is 4.93. The highest BCUT2D eigenvalue weighted by Crippen LogP contribution is 2.25. The SMILES string of the molecule is CC(C)(CN)C(=O)Nc1cc(F)ccc1Br. The van der Waals surface area contributed by atoms with E-state index in [1.807, 2.05) is 0 Å². The molecule has 0 saturated carbocycles. The van der Waals surface area contributed by atoms with E-state index in [1.54, 1.807) is 19.9 Å². The molecule has 88 valence electrons. The van der Waals surface area contributed by atoms with Crippen LogP contribution < -0.4 is 11.1 Å². The van der Waals surface area contributed by atoms with E-state index < -0.39 is 11.2 Å². The zero-order chi connectivity index (χ0) is 12.3. The Morgan fingerprint density at radius 3 is 2.75 bits per heavy atom. The van der Waals surface area contributed by atoms with Gasteiger partial charge in [0, 0.05) is 11.0 Å². The summed E-state index contributed by atoms with van der Waals surface area (Å²) in [7, 11) is 0. The van der Waals surface area contributed by atoms with Crippen LogP contribution in [0.5, 0.6) is 0 Å². The van der Waals surface area contributed by atoms with Crippen LogP contribution in [0, 0.1) is 11.2 Å². The van der Waals surface area contributed by atoms with E-state index in [4.69, 9.17) is 5.73 Å². The van der Waals surface area contributed by atoms with Crippen molar-refractivity contribution < 1.29 is 9.18 Å². The third kappa shape index (κ3) is 3.02. The molecule has 3 N–H and O–H groups in total. The molecular formula is C11H14BrFN2O. The van der Waals surface area contributed by atoms with Crippen molar-refractivity contribution in [3.63, 3.8) is 0 Å². The minimum atomic E-state index is -0.675. The topological polar surface area (TPSA) is 55.1 Å². The van der Waals surface area contributed by atoms with Crippen molar-refractivity contribution in [1.29, 1.82) is 0 Å². The summed E-state index contributed by atoms with van der Waals surface area (Å²) in [6, 6.07) is 4.11. The third-order valence-corrected chi connectivity index (χ3v) is 2.99. The molecule has 0 saturated heterocycles. The highest BCUT2D eigenvalue weighted by Gasteiger charge is 2.26. The molecule has 1 amide bonds. The molecule has 3 nitrogen and oxygen atoms in total. The van der Waals surface area contributed by atoms with Crippen molar-refractivity contribution >= 4 is 27.5 Å². The Morgan fingerprint density at radius 1 is 1.56 bits per heavy atom. The molecule has 16 heavy (non-hydrogen) atoms. The molecule has 0 radical (unpaired) electrons. The van der Waals surface area contributed by atoms with Gasteiger partial charge in [0.05, 0.1) is 11.1 Å². The average molecular weight is 289 g/mol. The predicted molar refractivity (Wildman–Crippen MR) is 65.6 cm³/mol. The number of carbonyl (C=O) groups excluding carboxylic acids is 1. The molecule has 1 aromatic rings. The molecule has 0 aromatic heterocycles. The van der Waals surface area contributed by atoms with E-state index in [0.29, 0.717) is 10.2 Å². The minimum Gasteiger partial charge on any atom is -0.329 e. The first-order chi connectivity index (χ1) is 7.36. The molecule has 0 aliphatic heterocycles. The van der Waals surface area contributed by atoms with Gasteiger partial charge in [-0.3, -0.25) is 4.79 Å². The molecule has 0 unspecified atom stereocenters. The number of hydrogen-bond acceptors (Lipinski definition) is 2. The zero-order valence-electron chi connectivity index (χ0n) is 9.18. The van der Waals surface area contributed by atoms with Crippen molar-refractivity contribution in [2.24, 2.45) is 11.1 Å². The molecule has 0 aliphatic rings. The van der Waals surface area contributed by atoms with Crippen LogP contribution in [0.4, 0.5) is 10.1 Å². The van der Waals surface area contributed by atoms with E-state index in [0.717, 1.165) is 0 Å². The van der Waals surface area contributed by atoms with Crippen molar-refractivity contribution in [3.05, 3.63) is 28.5 Å². The number of hydrogen-bond donors (Lipinski definition) is 2. The van der Waals surface area contributed by atoms with Gasteiger partial charge >= 0.3 is 0 Å². The Bertz CT molecular complexity index is 407. The highest BCUT2D eigenvalue weighted by atomic mass is 79.9. The Hall–Kier alpha value is -0.940. The Balaban J connectivity index is 2.89. The van der Waals surface area contributed by atoms with Gasteiger partial charge in [-0.2, -0.15) is 0 Å². The number of anilines is 1. The summed E-state index contributed by atoms with van der Waals surface area (Å²) in [4.78, 5) is 11.8. The summed E-state index contributed by atoms with van der Waals surface area (Å²) in [6.07, 6.45) is 0. The number of nitrogens with two attached hydrogens (primary N) is 1. The molecule has 0 heterocycles. The maximum absolute atomic E-state index is 13.0. The molecule has 0 fully saturated rings. The lowest BCUT2D eigenvalue weighted by Crippen LogP contribution is -2.37. The summed E-state index contributed by atoms with van der Waals surface area (Å²) in [5, 5.41) is 2.64. The van der Waals surface area contributed by atoms with Gasteiger partial charge in [-0.05, 0) is 48.0 Å². The van der Waals surface area contributed by atoms with Crippen LogP contribution in [0.3, 0.4) is 0 Å². The summed E-state index contributed by atoms with van der Waals surface area (Å²) in [5.74, 6) is -0.634. The molecule has 0 aliphatic carbocycles. The van der Waals surface area contributed by atoms with Crippen LogP contribution in [0.1, 0.15) is 13.8 Å². The fraction of sp³-hybridized carbons (Fsp3) is 0.364. The van der Waals surface area contributed by atoms with Crippen molar-refractivity contribution in [2.75, 3.05) is 11.9 Å². The molecule has 0 atom stereocenters. The van der Waals surface area contributed by atoms with Crippen molar-refractivity contribution in [1.82, 2.24) is 0 Å². The lowest BCUT2D eigenvalue weighted by molar-refractivity contribution is -0.123. The van der Waals surface area contributed by atoms with Crippen molar-refractivity contribution in [2.45, 2.75) is 13.8 Å². The Morgan fingerprint density at radius 2 is 2.19 bits per heavy atom. The summed E-state index contributed by atoms with van der Waals surface area (Å²) in [5.41, 5.74) is 5.22. The van der Waals surface area contributed by atoms with Gasteiger partial charge in [-0.1, -0.05) is 0 Å². The van der Waals surface area contributed by atoms with Gasteiger partial charge in [0.2, 0.25) is 5.91 Å². The fourth-order valence-corrected chi connectivity index (χ4v) is 1.32. The van der Waals surface area contributed by atoms with Crippen molar-refractivity contribution in [3.8, 4) is 0 Å². The van der Waals surface area contributed by atoms with Crippen LogP contribution in [0.25, 0.3) is 0 Å². The number of carbonyl (C=O) groups is 1. The summed E-state index contributed by atoms with van der Waals surface area (Å²) in [6.45, 7) is 3.69. The van der Waals surface area contributed by atoms with Gasteiger partial charge in [0.15, 0.2) is 0 Å². The lowest BCUT2D eigenvalue weighted by atomic mass is 9.92. The minimum absolute atomic E-state index is 0.228. The number of benzene rings is 1. The van der Waals surface area contributed by atoms with Gasteiger partial charge < -0.3 is 11.1 Å². The highest BCUT2D eigenvalue weighted by molar-refractivity contribution is 9.10. The second-order valence-corrected chi connectivity index (χ2v) is 5.02. The number of amides is 1. The van der Waals surface area contributed by atoms with E-state index in [9.17, 15) is 9.18 Å². The van der Waals surface area contributed by atoms with Crippen LogP contribution in [-0.4, -0.2) is 12.5 Å². The predicted octanol–water partition coefficient (Wildman–Crippen LogP) is 2.51. The normalized spacial score (nSPS) is 11.3. The fourth-order valence-electron chi connectivity index (χ4n) is 0.977. The molecule has 5 heteroatoms. The van der Waals surface area contributed by atoms with Crippen LogP contribution in [0.2, 0.25) is 0 Å². The number of halogens is 2. The lowest BCUT2D eigenvalue weighted by Gasteiger charge is -2.21. The van der Waals surface area contributed by atoms with Gasteiger partial charge in [-0.25, -0.2) is 4.39 Å². The summed E-state index contributed by atoms with van der Waals surface area (Å²) < 4.78 is 13.6. The monoisotopic (exact) mass is 288 g/mol. The Labute approximate surface area is 102 Å². The maximum atomic E-state index is 13.0. The molecule has 0 bridgehead atoms. The largest absolute Gasteiger partial charge is 0.329 e. The molecule has 1 aromatic carbocycles. The molecule has 0 spiro atoms. The van der Waals surface area contributed by atoms with E-state index >= 15 is 0 Å². The first kappa shape index (κ1) is 13.1. The van der Waals surface area contributed by atoms with Gasteiger partial charge in [0.1, 0.15) is 5.82 Å². The maximum Gasteiger partial charge on any atom is 0.231 e. The average Bonchev–Trinajstić information content (AvgIpc) is 2.23. The smallest absolute Gasteiger partial charge is 0.231 e. The van der Waals surface area contributed by atoms with Gasteiger partial charge in [-0.15, -0.1) is 0 Å². The first-order valence-corrected chi connectivity index (χ1v) is 5.62. The van der Waals surface area contributed by atoms with Crippen LogP contribution in [0.15, 0.2) is 22.7 Å². The van der Waals surface area contributed by atoms with E-state index in [2.05, 4.69) is 21.2 Å². The number of rotatable bonds is 3. The summed E-state index contributed by atoms with van der Waals surface area (Å²) >= 11 is 3.23. The Kier molecular flexibility index (Phi) is 4.04. The van der Waals surface area contributed by atoms with Crippen LogP contribution >= 0.6 is 15.9 Å².